The lowest BCUT2D eigenvalue weighted by Gasteiger charge is -2.08. The van der Waals surface area contributed by atoms with E-state index in [1.54, 1.807) is 24.3 Å². The fraction of sp³-hybridized carbons (Fsp3) is 0. The van der Waals surface area contributed by atoms with Gasteiger partial charge in [-0.25, -0.2) is 4.79 Å². The van der Waals surface area contributed by atoms with Gasteiger partial charge in [-0.2, -0.15) is 0 Å². The largest absolute Gasteiger partial charge is 0.456 e. The monoisotopic (exact) mass is 336 g/mol. The van der Waals surface area contributed by atoms with Crippen LogP contribution < -0.4 is 10.6 Å². The van der Waals surface area contributed by atoms with E-state index in [2.05, 4.69) is 10.6 Å². The molecule has 0 aliphatic heterocycles. The summed E-state index contributed by atoms with van der Waals surface area (Å²) in [6.45, 7) is 0. The minimum absolute atomic E-state index is 0.329. The normalized spacial score (nSPS) is 10.9. The van der Waals surface area contributed by atoms with Gasteiger partial charge in [0.1, 0.15) is 11.2 Å². The van der Waals surface area contributed by atoms with E-state index in [4.69, 9.17) is 16.0 Å². The SMILES string of the molecule is O=C(Nc1cccc(Cl)c1)Nc1ccc2oc3ccccc3c2c1. The van der Waals surface area contributed by atoms with Crippen LogP contribution in [0.1, 0.15) is 0 Å². The summed E-state index contributed by atoms with van der Waals surface area (Å²) in [6, 6.07) is 20.0. The molecule has 0 fully saturated rings. The Labute approximate surface area is 143 Å². The zero-order valence-electron chi connectivity index (χ0n) is 12.5. The molecule has 2 amide bonds. The number of anilines is 2. The van der Waals surface area contributed by atoms with Crippen LogP contribution in [-0.4, -0.2) is 6.03 Å². The van der Waals surface area contributed by atoms with Crippen molar-refractivity contribution in [3.63, 3.8) is 0 Å². The predicted molar refractivity (Wildman–Crippen MR) is 97.8 cm³/mol. The van der Waals surface area contributed by atoms with Crippen LogP contribution in [0.4, 0.5) is 16.2 Å². The summed E-state index contributed by atoms with van der Waals surface area (Å²) in [5.74, 6) is 0. The molecular formula is C19H13ClN2O2. The van der Waals surface area contributed by atoms with Crippen molar-refractivity contribution >= 4 is 50.9 Å². The van der Waals surface area contributed by atoms with E-state index in [0.29, 0.717) is 16.4 Å². The first-order valence-electron chi connectivity index (χ1n) is 7.44. The molecule has 1 heterocycles. The Morgan fingerprint density at radius 3 is 2.38 bits per heavy atom. The van der Waals surface area contributed by atoms with Crippen LogP contribution in [0.25, 0.3) is 21.9 Å². The average Bonchev–Trinajstić information content (AvgIpc) is 2.93. The van der Waals surface area contributed by atoms with Gasteiger partial charge >= 0.3 is 6.03 Å². The quantitative estimate of drug-likeness (QED) is 0.480. The lowest BCUT2D eigenvalue weighted by Crippen LogP contribution is -2.19. The molecule has 0 saturated carbocycles. The Kier molecular flexibility index (Phi) is 3.59. The second-order valence-electron chi connectivity index (χ2n) is 5.40. The fourth-order valence-electron chi connectivity index (χ4n) is 2.66. The van der Waals surface area contributed by atoms with Crippen molar-refractivity contribution in [1.82, 2.24) is 0 Å². The van der Waals surface area contributed by atoms with Crippen LogP contribution in [0.15, 0.2) is 71.1 Å². The van der Waals surface area contributed by atoms with Crippen LogP contribution in [0.3, 0.4) is 0 Å². The number of rotatable bonds is 2. The van der Waals surface area contributed by atoms with Crippen LogP contribution in [0.2, 0.25) is 5.02 Å². The number of urea groups is 1. The molecule has 118 valence electrons. The molecule has 24 heavy (non-hydrogen) atoms. The van der Waals surface area contributed by atoms with E-state index in [1.807, 2.05) is 42.5 Å². The number of carbonyl (C=O) groups excluding carboxylic acids is 1. The zero-order chi connectivity index (χ0) is 16.5. The van der Waals surface area contributed by atoms with Crippen LogP contribution in [0, 0.1) is 0 Å². The number of hydrogen-bond donors (Lipinski definition) is 2. The molecule has 0 aliphatic carbocycles. The number of amides is 2. The molecule has 0 atom stereocenters. The molecule has 0 bridgehead atoms. The zero-order valence-corrected chi connectivity index (χ0v) is 13.3. The summed E-state index contributed by atoms with van der Waals surface area (Å²) < 4.78 is 5.78. The molecular weight excluding hydrogens is 324 g/mol. The molecule has 4 rings (SSSR count). The first-order valence-corrected chi connectivity index (χ1v) is 7.82. The number of nitrogens with one attached hydrogen (secondary N) is 2. The first kappa shape index (κ1) is 14.6. The minimum atomic E-state index is -0.329. The highest BCUT2D eigenvalue weighted by Gasteiger charge is 2.08. The van der Waals surface area contributed by atoms with Crippen molar-refractivity contribution in [3.05, 3.63) is 71.8 Å². The van der Waals surface area contributed by atoms with E-state index in [0.717, 1.165) is 21.9 Å². The van der Waals surface area contributed by atoms with E-state index >= 15 is 0 Å². The molecule has 1 aromatic heterocycles. The average molecular weight is 337 g/mol. The molecule has 5 heteroatoms. The molecule has 0 unspecified atom stereocenters. The third-order valence-electron chi connectivity index (χ3n) is 3.72. The molecule has 4 nitrogen and oxygen atoms in total. The van der Waals surface area contributed by atoms with Crippen LogP contribution in [0.5, 0.6) is 0 Å². The van der Waals surface area contributed by atoms with E-state index in [1.165, 1.54) is 0 Å². The number of furan rings is 1. The fourth-order valence-corrected chi connectivity index (χ4v) is 2.85. The standard InChI is InChI=1S/C19H13ClN2O2/c20-12-4-3-5-13(10-12)21-19(23)22-14-8-9-18-16(11-14)15-6-1-2-7-17(15)24-18/h1-11H,(H2,21,22,23). The highest BCUT2D eigenvalue weighted by Crippen LogP contribution is 2.30. The van der Waals surface area contributed by atoms with Gasteiger partial charge in [0.15, 0.2) is 0 Å². The molecule has 0 saturated heterocycles. The highest BCUT2D eigenvalue weighted by molar-refractivity contribution is 6.30. The lowest BCUT2D eigenvalue weighted by atomic mass is 10.1. The van der Waals surface area contributed by atoms with Crippen LogP contribution >= 0.6 is 11.6 Å². The second kappa shape index (κ2) is 5.91. The van der Waals surface area contributed by atoms with Gasteiger partial charge in [0, 0.05) is 27.2 Å². The van der Waals surface area contributed by atoms with Gasteiger partial charge in [0.25, 0.3) is 0 Å². The summed E-state index contributed by atoms with van der Waals surface area (Å²) in [4.78, 5) is 12.1. The van der Waals surface area contributed by atoms with E-state index < -0.39 is 0 Å². The molecule has 2 N–H and O–H groups in total. The number of carbonyl (C=O) groups is 1. The lowest BCUT2D eigenvalue weighted by molar-refractivity contribution is 0.262. The predicted octanol–water partition coefficient (Wildman–Crippen LogP) is 5.88. The number of para-hydroxylation sites is 1. The Hall–Kier alpha value is -2.98. The summed E-state index contributed by atoms with van der Waals surface area (Å²) in [5, 5.41) is 8.13. The summed E-state index contributed by atoms with van der Waals surface area (Å²) in [6.07, 6.45) is 0. The van der Waals surface area contributed by atoms with Gasteiger partial charge in [-0.15, -0.1) is 0 Å². The van der Waals surface area contributed by atoms with Gasteiger partial charge in [-0.1, -0.05) is 35.9 Å². The van der Waals surface area contributed by atoms with Gasteiger partial charge in [0.05, 0.1) is 0 Å². The third kappa shape index (κ3) is 2.79. The number of hydrogen-bond acceptors (Lipinski definition) is 2. The van der Waals surface area contributed by atoms with E-state index in [9.17, 15) is 4.79 Å². The minimum Gasteiger partial charge on any atom is -0.456 e. The van der Waals surface area contributed by atoms with Crippen molar-refractivity contribution in [1.29, 1.82) is 0 Å². The highest BCUT2D eigenvalue weighted by atomic mass is 35.5. The van der Waals surface area contributed by atoms with Crippen molar-refractivity contribution in [2.45, 2.75) is 0 Å². The topological polar surface area (TPSA) is 54.3 Å². The van der Waals surface area contributed by atoms with E-state index in [-0.39, 0.29) is 6.03 Å². The number of fused-ring (bicyclic) bond motifs is 3. The molecule has 4 aromatic rings. The Morgan fingerprint density at radius 1 is 0.792 bits per heavy atom. The molecule has 0 spiro atoms. The summed E-state index contributed by atoms with van der Waals surface area (Å²) in [7, 11) is 0. The van der Waals surface area contributed by atoms with Crippen molar-refractivity contribution in [3.8, 4) is 0 Å². The second-order valence-corrected chi connectivity index (χ2v) is 5.84. The van der Waals surface area contributed by atoms with Crippen molar-refractivity contribution in [2.75, 3.05) is 10.6 Å². The smallest absolute Gasteiger partial charge is 0.323 e. The number of benzene rings is 3. The third-order valence-corrected chi connectivity index (χ3v) is 3.95. The summed E-state index contributed by atoms with van der Waals surface area (Å²) >= 11 is 5.91. The van der Waals surface area contributed by atoms with Crippen molar-refractivity contribution in [2.24, 2.45) is 0 Å². The summed E-state index contributed by atoms with van der Waals surface area (Å²) in [5.41, 5.74) is 2.94. The first-order chi connectivity index (χ1) is 11.7. The Morgan fingerprint density at radius 2 is 1.54 bits per heavy atom. The van der Waals surface area contributed by atoms with Gasteiger partial charge < -0.3 is 15.1 Å². The number of halogens is 1. The Bertz CT molecular complexity index is 1060. The maximum atomic E-state index is 12.1. The molecule has 0 aliphatic rings. The molecule has 3 aromatic carbocycles. The van der Waals surface area contributed by atoms with Crippen molar-refractivity contribution < 1.29 is 9.21 Å². The maximum Gasteiger partial charge on any atom is 0.323 e. The van der Waals surface area contributed by atoms with Gasteiger partial charge in [0.2, 0.25) is 0 Å². The van der Waals surface area contributed by atoms with Gasteiger partial charge in [-0.05, 0) is 42.5 Å². The van der Waals surface area contributed by atoms with Gasteiger partial charge in [-0.3, -0.25) is 0 Å². The molecule has 0 radical (unpaired) electrons. The Balaban J connectivity index is 1.60. The van der Waals surface area contributed by atoms with Crippen LogP contribution in [-0.2, 0) is 0 Å². The maximum absolute atomic E-state index is 12.1.